The molecule has 0 saturated heterocycles. The first kappa shape index (κ1) is 17.0. The summed E-state index contributed by atoms with van der Waals surface area (Å²) in [5.74, 6) is 0.425. The number of hydrogen-bond acceptors (Lipinski definition) is 1. The second-order valence-corrected chi connectivity index (χ2v) is 5.78. The molecule has 0 spiro atoms. The van der Waals surface area contributed by atoms with Gasteiger partial charge in [-0.25, -0.2) is 0 Å². The molecule has 0 aromatic carbocycles. The molecule has 0 aliphatic heterocycles. The molecule has 0 saturated carbocycles. The lowest BCUT2D eigenvalue weighted by Crippen LogP contribution is -2.13. The Labute approximate surface area is 109 Å². The van der Waals surface area contributed by atoms with E-state index >= 15 is 0 Å². The van der Waals surface area contributed by atoms with E-state index in [0.29, 0.717) is 5.92 Å². The van der Waals surface area contributed by atoms with E-state index in [0.717, 1.165) is 6.42 Å². The van der Waals surface area contributed by atoms with E-state index in [4.69, 9.17) is 0 Å². The van der Waals surface area contributed by atoms with Gasteiger partial charge in [-0.05, 0) is 12.3 Å². The minimum Gasteiger partial charge on any atom is -0.393 e. The van der Waals surface area contributed by atoms with Gasteiger partial charge in [-0.1, -0.05) is 85.0 Å². The largest absolute Gasteiger partial charge is 0.393 e. The molecule has 0 bridgehead atoms. The van der Waals surface area contributed by atoms with Crippen LogP contribution in [0.3, 0.4) is 0 Å². The zero-order valence-corrected chi connectivity index (χ0v) is 12.4. The van der Waals surface area contributed by atoms with Gasteiger partial charge in [0.05, 0.1) is 6.10 Å². The zero-order chi connectivity index (χ0) is 12.9. The van der Waals surface area contributed by atoms with Crippen LogP contribution in [0.1, 0.15) is 91.4 Å². The van der Waals surface area contributed by atoms with E-state index in [1.807, 2.05) is 0 Å². The minimum absolute atomic E-state index is 0.0796. The summed E-state index contributed by atoms with van der Waals surface area (Å²) in [5, 5.41) is 9.65. The summed E-state index contributed by atoms with van der Waals surface area (Å²) in [7, 11) is 0. The molecule has 0 aromatic rings. The van der Waals surface area contributed by atoms with Crippen molar-refractivity contribution < 1.29 is 5.11 Å². The Morgan fingerprint density at radius 3 is 1.53 bits per heavy atom. The molecule has 0 radical (unpaired) electrons. The molecule has 1 nitrogen and oxygen atoms in total. The van der Waals surface area contributed by atoms with Crippen LogP contribution in [0.15, 0.2) is 0 Å². The first-order valence-corrected chi connectivity index (χ1v) is 7.86. The molecule has 1 heteroatoms. The fourth-order valence-corrected chi connectivity index (χ4v) is 2.17. The number of aliphatic hydroxyl groups excluding tert-OH is 1. The molecule has 0 fully saturated rings. The van der Waals surface area contributed by atoms with Gasteiger partial charge in [-0.3, -0.25) is 0 Å². The second-order valence-electron chi connectivity index (χ2n) is 5.78. The molecule has 1 N–H and O–H groups in total. The third-order valence-corrected chi connectivity index (χ3v) is 3.62. The Hall–Kier alpha value is -0.0400. The van der Waals surface area contributed by atoms with Crippen molar-refractivity contribution in [2.24, 2.45) is 5.92 Å². The van der Waals surface area contributed by atoms with E-state index in [2.05, 4.69) is 20.8 Å². The Morgan fingerprint density at radius 1 is 0.706 bits per heavy atom. The zero-order valence-electron chi connectivity index (χ0n) is 12.4. The van der Waals surface area contributed by atoms with Crippen LogP contribution in [0.25, 0.3) is 0 Å². The number of aliphatic hydroxyl groups is 1. The Kier molecular flexibility index (Phi) is 12.4. The predicted molar refractivity (Wildman–Crippen MR) is 77.3 cm³/mol. The van der Waals surface area contributed by atoms with Gasteiger partial charge in [0.25, 0.3) is 0 Å². The third kappa shape index (κ3) is 12.2. The molecule has 0 heterocycles. The normalized spacial score (nSPS) is 13.2. The fourth-order valence-electron chi connectivity index (χ4n) is 2.17. The van der Waals surface area contributed by atoms with Gasteiger partial charge in [0, 0.05) is 0 Å². The lowest BCUT2D eigenvalue weighted by molar-refractivity contribution is 0.113. The lowest BCUT2D eigenvalue weighted by Gasteiger charge is -2.13. The highest BCUT2D eigenvalue weighted by Gasteiger charge is 2.07. The molecule has 0 aliphatic carbocycles. The van der Waals surface area contributed by atoms with Crippen molar-refractivity contribution in [1.29, 1.82) is 0 Å². The quantitative estimate of drug-likeness (QED) is 0.460. The first-order valence-electron chi connectivity index (χ1n) is 7.86. The lowest BCUT2D eigenvalue weighted by atomic mass is 10.00. The molecule has 0 aromatic heterocycles. The van der Waals surface area contributed by atoms with Crippen molar-refractivity contribution in [3.05, 3.63) is 0 Å². The van der Waals surface area contributed by atoms with Crippen LogP contribution in [0.4, 0.5) is 0 Å². The molecule has 1 atom stereocenters. The van der Waals surface area contributed by atoms with Crippen LogP contribution in [-0.4, -0.2) is 11.2 Å². The Bertz CT molecular complexity index is 142. The van der Waals surface area contributed by atoms with Gasteiger partial charge in [-0.2, -0.15) is 0 Å². The summed E-state index contributed by atoms with van der Waals surface area (Å²) in [6.45, 7) is 6.47. The first-order chi connectivity index (χ1) is 8.18. The van der Waals surface area contributed by atoms with E-state index in [-0.39, 0.29) is 6.10 Å². The molecular weight excluding hydrogens is 208 g/mol. The van der Waals surface area contributed by atoms with E-state index in [1.54, 1.807) is 0 Å². The smallest absolute Gasteiger partial charge is 0.0563 e. The maximum absolute atomic E-state index is 9.65. The number of hydrogen-bond donors (Lipinski definition) is 1. The third-order valence-electron chi connectivity index (χ3n) is 3.62. The molecule has 0 amide bonds. The van der Waals surface area contributed by atoms with Crippen molar-refractivity contribution in [3.8, 4) is 0 Å². The number of unbranched alkanes of at least 4 members (excludes halogenated alkanes) is 9. The standard InChI is InChI=1S/C16H34O/c1-4-5-6-7-8-9-10-11-12-13-14-16(17)15(2)3/h15-17H,4-14H2,1-3H3/t16-/m1/s1. The average molecular weight is 242 g/mol. The summed E-state index contributed by atoms with van der Waals surface area (Å²) in [5.41, 5.74) is 0. The van der Waals surface area contributed by atoms with Gasteiger partial charge in [0.1, 0.15) is 0 Å². The van der Waals surface area contributed by atoms with Crippen molar-refractivity contribution >= 4 is 0 Å². The SMILES string of the molecule is CCCCCCCCCCCC[C@@H](O)C(C)C. The molecular formula is C16H34O. The van der Waals surface area contributed by atoms with Crippen molar-refractivity contribution in [2.75, 3.05) is 0 Å². The molecule has 0 aliphatic rings. The summed E-state index contributed by atoms with van der Waals surface area (Å²) < 4.78 is 0. The van der Waals surface area contributed by atoms with E-state index < -0.39 is 0 Å². The van der Waals surface area contributed by atoms with Crippen LogP contribution in [0, 0.1) is 5.92 Å². The maximum atomic E-state index is 9.65. The van der Waals surface area contributed by atoms with Gasteiger partial charge in [0.2, 0.25) is 0 Å². The second kappa shape index (κ2) is 12.4. The van der Waals surface area contributed by atoms with E-state index in [1.165, 1.54) is 64.2 Å². The molecule has 17 heavy (non-hydrogen) atoms. The van der Waals surface area contributed by atoms with Crippen LogP contribution < -0.4 is 0 Å². The highest BCUT2D eigenvalue weighted by Crippen LogP contribution is 2.14. The molecule has 0 unspecified atom stereocenters. The van der Waals surface area contributed by atoms with Gasteiger partial charge < -0.3 is 5.11 Å². The Morgan fingerprint density at radius 2 is 1.12 bits per heavy atom. The highest BCUT2D eigenvalue weighted by molar-refractivity contribution is 4.59. The van der Waals surface area contributed by atoms with Crippen molar-refractivity contribution in [3.63, 3.8) is 0 Å². The summed E-state index contributed by atoms with van der Waals surface area (Å²) in [4.78, 5) is 0. The minimum atomic E-state index is -0.0796. The number of rotatable bonds is 12. The van der Waals surface area contributed by atoms with E-state index in [9.17, 15) is 5.11 Å². The summed E-state index contributed by atoms with van der Waals surface area (Å²) in [6.07, 6.45) is 14.6. The monoisotopic (exact) mass is 242 g/mol. The van der Waals surface area contributed by atoms with Gasteiger partial charge in [0.15, 0.2) is 0 Å². The molecule has 104 valence electrons. The van der Waals surface area contributed by atoms with Gasteiger partial charge in [-0.15, -0.1) is 0 Å². The Balaban J connectivity index is 3.03. The van der Waals surface area contributed by atoms with Gasteiger partial charge >= 0.3 is 0 Å². The van der Waals surface area contributed by atoms with Crippen molar-refractivity contribution in [2.45, 2.75) is 97.5 Å². The average Bonchev–Trinajstić information content (AvgIpc) is 2.31. The maximum Gasteiger partial charge on any atom is 0.0563 e. The predicted octanol–water partition coefficient (Wildman–Crippen LogP) is 5.31. The van der Waals surface area contributed by atoms with Crippen LogP contribution >= 0.6 is 0 Å². The fraction of sp³-hybridized carbons (Fsp3) is 1.00. The van der Waals surface area contributed by atoms with Crippen LogP contribution in [0.2, 0.25) is 0 Å². The van der Waals surface area contributed by atoms with Crippen LogP contribution in [0.5, 0.6) is 0 Å². The molecule has 0 rings (SSSR count). The van der Waals surface area contributed by atoms with Crippen molar-refractivity contribution in [1.82, 2.24) is 0 Å². The highest BCUT2D eigenvalue weighted by atomic mass is 16.3. The summed E-state index contributed by atoms with van der Waals surface area (Å²) in [6, 6.07) is 0. The summed E-state index contributed by atoms with van der Waals surface area (Å²) >= 11 is 0. The topological polar surface area (TPSA) is 20.2 Å². The van der Waals surface area contributed by atoms with Crippen LogP contribution in [-0.2, 0) is 0 Å².